The predicted molar refractivity (Wildman–Crippen MR) is 79.7 cm³/mol. The normalized spacial score (nSPS) is 10.5. The SMILES string of the molecule is CNCCc1cn(CC(=O)Nc2cccc(C)c2)cn1. The van der Waals surface area contributed by atoms with Crippen molar-refractivity contribution in [3.63, 3.8) is 0 Å². The number of aryl methyl sites for hydroxylation is 1. The molecule has 1 aromatic heterocycles. The smallest absolute Gasteiger partial charge is 0.244 e. The first kappa shape index (κ1) is 14.3. The number of likely N-dealkylation sites (N-methyl/N-ethyl adjacent to an activating group) is 1. The molecule has 5 heteroatoms. The Morgan fingerprint density at radius 1 is 1.40 bits per heavy atom. The Morgan fingerprint density at radius 3 is 3.00 bits per heavy atom. The van der Waals surface area contributed by atoms with E-state index in [9.17, 15) is 4.79 Å². The van der Waals surface area contributed by atoms with Crippen LogP contribution in [0.25, 0.3) is 0 Å². The van der Waals surface area contributed by atoms with Gasteiger partial charge in [-0.1, -0.05) is 12.1 Å². The van der Waals surface area contributed by atoms with Gasteiger partial charge < -0.3 is 15.2 Å². The summed E-state index contributed by atoms with van der Waals surface area (Å²) in [5.41, 5.74) is 2.94. The first-order chi connectivity index (χ1) is 9.67. The number of hydrogen-bond acceptors (Lipinski definition) is 3. The third-order valence-electron chi connectivity index (χ3n) is 2.95. The highest BCUT2D eigenvalue weighted by atomic mass is 16.1. The van der Waals surface area contributed by atoms with Crippen LogP contribution in [0.2, 0.25) is 0 Å². The molecular weight excluding hydrogens is 252 g/mol. The standard InChI is InChI=1S/C15H20N4O/c1-12-4-3-5-13(8-12)18-15(20)10-19-9-14(17-11-19)6-7-16-2/h3-5,8-9,11,16H,6-7,10H2,1-2H3,(H,18,20). The van der Waals surface area contributed by atoms with E-state index in [1.807, 2.05) is 44.4 Å². The maximum Gasteiger partial charge on any atom is 0.244 e. The summed E-state index contributed by atoms with van der Waals surface area (Å²) in [6, 6.07) is 7.76. The minimum Gasteiger partial charge on any atom is -0.328 e. The van der Waals surface area contributed by atoms with Crippen LogP contribution < -0.4 is 10.6 Å². The second-order valence-corrected chi connectivity index (χ2v) is 4.81. The summed E-state index contributed by atoms with van der Waals surface area (Å²) in [5, 5.41) is 5.96. The fourth-order valence-corrected chi connectivity index (χ4v) is 1.96. The molecule has 0 unspecified atom stereocenters. The van der Waals surface area contributed by atoms with Crippen LogP contribution >= 0.6 is 0 Å². The van der Waals surface area contributed by atoms with Crippen LogP contribution in [-0.2, 0) is 17.8 Å². The van der Waals surface area contributed by atoms with E-state index in [-0.39, 0.29) is 12.5 Å². The summed E-state index contributed by atoms with van der Waals surface area (Å²) in [7, 11) is 1.91. The van der Waals surface area contributed by atoms with Gasteiger partial charge in [0, 0.05) is 24.8 Å². The van der Waals surface area contributed by atoms with Crippen molar-refractivity contribution in [1.82, 2.24) is 14.9 Å². The van der Waals surface area contributed by atoms with Crippen LogP contribution in [0.3, 0.4) is 0 Å². The average molecular weight is 272 g/mol. The first-order valence-electron chi connectivity index (χ1n) is 6.69. The van der Waals surface area contributed by atoms with E-state index in [1.54, 1.807) is 10.9 Å². The van der Waals surface area contributed by atoms with Crippen molar-refractivity contribution in [1.29, 1.82) is 0 Å². The van der Waals surface area contributed by atoms with E-state index in [1.165, 1.54) is 0 Å². The van der Waals surface area contributed by atoms with E-state index in [0.717, 1.165) is 29.9 Å². The number of benzene rings is 1. The first-order valence-corrected chi connectivity index (χ1v) is 6.69. The minimum absolute atomic E-state index is 0.0480. The summed E-state index contributed by atoms with van der Waals surface area (Å²) in [5.74, 6) is -0.0480. The Balaban J connectivity index is 1.89. The van der Waals surface area contributed by atoms with Crippen LogP contribution in [0.5, 0.6) is 0 Å². The summed E-state index contributed by atoms with van der Waals surface area (Å²) in [6.07, 6.45) is 4.47. The van der Waals surface area contributed by atoms with Gasteiger partial charge >= 0.3 is 0 Å². The van der Waals surface area contributed by atoms with Gasteiger partial charge in [-0.05, 0) is 31.7 Å². The van der Waals surface area contributed by atoms with Crippen LogP contribution in [0.15, 0.2) is 36.8 Å². The Labute approximate surface area is 119 Å². The zero-order valence-corrected chi connectivity index (χ0v) is 11.9. The quantitative estimate of drug-likeness (QED) is 0.839. The van der Waals surface area contributed by atoms with Crippen molar-refractivity contribution in [2.24, 2.45) is 0 Å². The average Bonchev–Trinajstić information content (AvgIpc) is 2.83. The Bertz CT molecular complexity index is 577. The third-order valence-corrected chi connectivity index (χ3v) is 2.95. The monoisotopic (exact) mass is 272 g/mol. The van der Waals surface area contributed by atoms with Crippen LogP contribution in [0, 0.1) is 6.92 Å². The lowest BCUT2D eigenvalue weighted by Gasteiger charge is -2.06. The van der Waals surface area contributed by atoms with Crippen LogP contribution in [0.4, 0.5) is 5.69 Å². The molecule has 0 bridgehead atoms. The highest BCUT2D eigenvalue weighted by molar-refractivity contribution is 5.90. The van der Waals surface area contributed by atoms with Crippen molar-refractivity contribution in [3.8, 4) is 0 Å². The number of rotatable bonds is 6. The molecule has 1 aromatic carbocycles. The van der Waals surface area contributed by atoms with Gasteiger partial charge in [0.25, 0.3) is 0 Å². The van der Waals surface area contributed by atoms with Crippen molar-refractivity contribution < 1.29 is 4.79 Å². The molecule has 20 heavy (non-hydrogen) atoms. The zero-order chi connectivity index (χ0) is 14.4. The highest BCUT2D eigenvalue weighted by Crippen LogP contribution is 2.09. The summed E-state index contributed by atoms with van der Waals surface area (Å²) in [6.45, 7) is 3.16. The molecule has 2 rings (SSSR count). The zero-order valence-electron chi connectivity index (χ0n) is 11.9. The second kappa shape index (κ2) is 6.86. The number of imidazole rings is 1. The Kier molecular flexibility index (Phi) is 4.90. The van der Waals surface area contributed by atoms with Crippen molar-refractivity contribution >= 4 is 11.6 Å². The molecule has 2 aromatic rings. The van der Waals surface area contributed by atoms with E-state index in [4.69, 9.17) is 0 Å². The lowest BCUT2D eigenvalue weighted by molar-refractivity contribution is -0.116. The Morgan fingerprint density at radius 2 is 2.25 bits per heavy atom. The van der Waals surface area contributed by atoms with Crippen LogP contribution in [0.1, 0.15) is 11.3 Å². The number of nitrogens with one attached hydrogen (secondary N) is 2. The van der Waals surface area contributed by atoms with Gasteiger partial charge in [-0.2, -0.15) is 0 Å². The molecule has 0 spiro atoms. The molecule has 1 amide bonds. The van der Waals surface area contributed by atoms with E-state index in [0.29, 0.717) is 0 Å². The van der Waals surface area contributed by atoms with Gasteiger partial charge in [-0.15, -0.1) is 0 Å². The van der Waals surface area contributed by atoms with Gasteiger partial charge in [0.15, 0.2) is 0 Å². The number of amides is 1. The molecule has 0 radical (unpaired) electrons. The van der Waals surface area contributed by atoms with Gasteiger partial charge in [0.05, 0.1) is 12.0 Å². The van der Waals surface area contributed by atoms with Crippen molar-refractivity contribution in [2.45, 2.75) is 19.9 Å². The number of nitrogens with zero attached hydrogens (tertiary/aromatic N) is 2. The summed E-state index contributed by atoms with van der Waals surface area (Å²) in [4.78, 5) is 16.2. The fraction of sp³-hybridized carbons (Fsp3) is 0.333. The molecule has 0 aliphatic carbocycles. The van der Waals surface area contributed by atoms with E-state index in [2.05, 4.69) is 15.6 Å². The molecule has 106 valence electrons. The lowest BCUT2D eigenvalue weighted by Crippen LogP contribution is -2.18. The molecule has 0 fully saturated rings. The van der Waals surface area contributed by atoms with Crippen molar-refractivity contribution in [2.75, 3.05) is 18.9 Å². The second-order valence-electron chi connectivity index (χ2n) is 4.81. The number of carbonyl (C=O) groups is 1. The van der Waals surface area contributed by atoms with Crippen LogP contribution in [-0.4, -0.2) is 29.1 Å². The van der Waals surface area contributed by atoms with Gasteiger partial charge in [-0.3, -0.25) is 4.79 Å². The van der Waals surface area contributed by atoms with Gasteiger partial charge in [0.2, 0.25) is 5.91 Å². The molecule has 0 aliphatic heterocycles. The Hall–Kier alpha value is -2.14. The maximum atomic E-state index is 11.9. The fourth-order valence-electron chi connectivity index (χ4n) is 1.96. The molecule has 0 aliphatic rings. The minimum atomic E-state index is -0.0480. The third kappa shape index (κ3) is 4.20. The van der Waals surface area contributed by atoms with E-state index < -0.39 is 0 Å². The van der Waals surface area contributed by atoms with Gasteiger partial charge in [0.1, 0.15) is 6.54 Å². The maximum absolute atomic E-state index is 11.9. The van der Waals surface area contributed by atoms with E-state index >= 15 is 0 Å². The largest absolute Gasteiger partial charge is 0.328 e. The molecule has 0 atom stereocenters. The lowest BCUT2D eigenvalue weighted by atomic mass is 10.2. The molecule has 0 saturated carbocycles. The van der Waals surface area contributed by atoms with Gasteiger partial charge in [-0.25, -0.2) is 4.98 Å². The number of carbonyl (C=O) groups excluding carboxylic acids is 1. The number of hydrogen-bond donors (Lipinski definition) is 2. The van der Waals surface area contributed by atoms with Crippen molar-refractivity contribution in [3.05, 3.63) is 48.0 Å². The topological polar surface area (TPSA) is 59.0 Å². The molecule has 1 heterocycles. The molecular formula is C15H20N4O. The highest BCUT2D eigenvalue weighted by Gasteiger charge is 2.05. The summed E-state index contributed by atoms with van der Waals surface area (Å²) >= 11 is 0. The molecule has 0 saturated heterocycles. The molecule has 5 nitrogen and oxygen atoms in total. The number of anilines is 1. The summed E-state index contributed by atoms with van der Waals surface area (Å²) < 4.78 is 1.80. The predicted octanol–water partition coefficient (Wildman–Crippen LogP) is 1.59. The number of aromatic nitrogens is 2. The molecule has 2 N–H and O–H groups in total.